The van der Waals surface area contributed by atoms with Crippen LogP contribution in [0, 0.1) is 6.92 Å². The first-order valence-corrected chi connectivity index (χ1v) is 12.1. The van der Waals surface area contributed by atoms with Gasteiger partial charge in [0.25, 0.3) is 5.91 Å². The molecule has 174 valence electrons. The lowest BCUT2D eigenvalue weighted by molar-refractivity contribution is 0.0474. The second-order valence-electron chi connectivity index (χ2n) is 9.39. The van der Waals surface area contributed by atoms with E-state index < -0.39 is 6.10 Å². The first-order valence-electron chi connectivity index (χ1n) is 12.1. The summed E-state index contributed by atoms with van der Waals surface area (Å²) in [5.41, 5.74) is 5.17. The van der Waals surface area contributed by atoms with Gasteiger partial charge in [0, 0.05) is 62.4 Å². The van der Waals surface area contributed by atoms with Crippen LogP contribution in [0.1, 0.15) is 47.3 Å². The van der Waals surface area contributed by atoms with Gasteiger partial charge in [-0.3, -0.25) is 4.79 Å². The van der Waals surface area contributed by atoms with Crippen LogP contribution in [0.4, 0.5) is 5.69 Å². The molecule has 1 amide bonds. The van der Waals surface area contributed by atoms with Crippen molar-refractivity contribution in [1.82, 2.24) is 19.6 Å². The van der Waals surface area contributed by atoms with Gasteiger partial charge in [0.1, 0.15) is 5.65 Å². The summed E-state index contributed by atoms with van der Waals surface area (Å²) >= 11 is 0. The number of carbonyl (C=O) groups excluding carboxylic acids is 1. The van der Waals surface area contributed by atoms with Crippen LogP contribution in [-0.4, -0.2) is 63.6 Å². The Morgan fingerprint density at radius 2 is 1.91 bits per heavy atom. The second-order valence-corrected chi connectivity index (χ2v) is 9.39. The predicted molar refractivity (Wildman–Crippen MR) is 130 cm³/mol. The molecule has 1 atom stereocenters. The van der Waals surface area contributed by atoms with Gasteiger partial charge in [-0.25, -0.2) is 4.98 Å². The number of aliphatic hydroxyl groups excluding tert-OH is 1. The van der Waals surface area contributed by atoms with E-state index in [1.54, 1.807) is 4.90 Å². The maximum atomic E-state index is 12.7. The molecule has 2 N–H and O–H groups in total. The average molecular weight is 448 g/mol. The number of aromatic nitrogens is 2. The third-order valence-electron chi connectivity index (χ3n) is 6.96. The second kappa shape index (κ2) is 9.53. The summed E-state index contributed by atoms with van der Waals surface area (Å²) < 4.78 is 2.09. The minimum absolute atomic E-state index is 0.0188. The zero-order valence-corrected chi connectivity index (χ0v) is 19.3. The van der Waals surface area contributed by atoms with Gasteiger partial charge in [-0.15, -0.1) is 0 Å². The fourth-order valence-corrected chi connectivity index (χ4v) is 5.02. The lowest BCUT2D eigenvalue weighted by Gasteiger charge is -2.34. The number of likely N-dealkylation sites (tertiary alicyclic amines) is 1. The van der Waals surface area contributed by atoms with E-state index in [1.807, 2.05) is 18.3 Å². The normalized spacial score (nSPS) is 19.9. The standard InChI is InChI=1S/C26H33N5O2/c1-19-4-2-12-30-17-22(28-25(19)30)16-27-21-10-14-29(15-11-21)23-8-6-20(7-9-23)26(33)31-13-3-5-24(32)18-31/h2,4,6-9,12,17,21,24,27,32H,3,5,10-11,13-16,18H2,1H3. The van der Waals surface area contributed by atoms with Crippen molar-refractivity contribution >= 4 is 17.2 Å². The number of nitrogens with one attached hydrogen (secondary N) is 1. The summed E-state index contributed by atoms with van der Waals surface area (Å²) in [5, 5.41) is 13.5. The highest BCUT2D eigenvalue weighted by Crippen LogP contribution is 2.22. The van der Waals surface area contributed by atoms with Gasteiger partial charge in [-0.05, 0) is 68.5 Å². The number of piperidine rings is 2. The summed E-state index contributed by atoms with van der Waals surface area (Å²) in [6, 6.07) is 12.6. The number of pyridine rings is 1. The van der Waals surface area contributed by atoms with E-state index in [0.29, 0.717) is 18.2 Å². The van der Waals surface area contributed by atoms with Crippen molar-refractivity contribution in [3.63, 3.8) is 0 Å². The minimum Gasteiger partial charge on any atom is -0.391 e. The van der Waals surface area contributed by atoms with Crippen molar-refractivity contribution in [2.75, 3.05) is 31.1 Å². The van der Waals surface area contributed by atoms with Gasteiger partial charge in [0.15, 0.2) is 0 Å². The van der Waals surface area contributed by atoms with Crippen molar-refractivity contribution < 1.29 is 9.90 Å². The van der Waals surface area contributed by atoms with E-state index in [2.05, 4.69) is 52.0 Å². The zero-order valence-electron chi connectivity index (χ0n) is 19.3. The predicted octanol–water partition coefficient (Wildman–Crippen LogP) is 3.00. The molecule has 0 aliphatic carbocycles. The molecular formula is C26H33N5O2. The number of benzene rings is 1. The number of imidazole rings is 1. The molecule has 2 aromatic heterocycles. The smallest absolute Gasteiger partial charge is 0.253 e. The summed E-state index contributed by atoms with van der Waals surface area (Å²) in [6.07, 6.45) is 7.58. The maximum Gasteiger partial charge on any atom is 0.253 e. The molecule has 4 heterocycles. The Labute approximate surface area is 195 Å². The zero-order chi connectivity index (χ0) is 22.8. The molecule has 1 aromatic carbocycles. The lowest BCUT2D eigenvalue weighted by atomic mass is 10.0. The number of hydrogen-bond acceptors (Lipinski definition) is 5. The van der Waals surface area contributed by atoms with Crippen LogP contribution >= 0.6 is 0 Å². The van der Waals surface area contributed by atoms with Crippen LogP contribution in [0.5, 0.6) is 0 Å². The number of anilines is 1. The molecule has 0 spiro atoms. The summed E-state index contributed by atoms with van der Waals surface area (Å²) in [5.74, 6) is 0.0188. The van der Waals surface area contributed by atoms with E-state index >= 15 is 0 Å². The van der Waals surface area contributed by atoms with Crippen LogP contribution in [0.2, 0.25) is 0 Å². The molecule has 33 heavy (non-hydrogen) atoms. The van der Waals surface area contributed by atoms with Gasteiger partial charge in [0.05, 0.1) is 11.8 Å². The quantitative estimate of drug-likeness (QED) is 0.629. The molecule has 2 aliphatic heterocycles. The van der Waals surface area contributed by atoms with Gasteiger partial charge in [0.2, 0.25) is 0 Å². The lowest BCUT2D eigenvalue weighted by Crippen LogP contribution is -2.42. The highest BCUT2D eigenvalue weighted by molar-refractivity contribution is 5.94. The first kappa shape index (κ1) is 21.9. The molecule has 5 rings (SSSR count). The van der Waals surface area contributed by atoms with Gasteiger partial charge in [-0.2, -0.15) is 0 Å². The molecule has 2 aliphatic rings. The first-order chi connectivity index (χ1) is 16.1. The van der Waals surface area contributed by atoms with Gasteiger partial charge >= 0.3 is 0 Å². The van der Waals surface area contributed by atoms with Crippen molar-refractivity contribution in [2.45, 2.75) is 51.3 Å². The highest BCUT2D eigenvalue weighted by Gasteiger charge is 2.24. The number of β-amino-alcohol motifs (C(OH)–C–C–N with tert-alkyl or cyclic N) is 1. The number of nitrogens with zero attached hydrogens (tertiary/aromatic N) is 4. The third kappa shape index (κ3) is 4.89. The molecule has 7 nitrogen and oxygen atoms in total. The maximum absolute atomic E-state index is 12.7. The number of amides is 1. The summed E-state index contributed by atoms with van der Waals surface area (Å²) in [4.78, 5) is 21.7. The van der Waals surface area contributed by atoms with E-state index in [9.17, 15) is 9.90 Å². The van der Waals surface area contributed by atoms with Crippen LogP contribution in [-0.2, 0) is 6.54 Å². The van der Waals surface area contributed by atoms with Crippen molar-refractivity contribution in [2.24, 2.45) is 0 Å². The molecule has 0 radical (unpaired) electrons. The number of rotatable bonds is 5. The molecule has 2 fully saturated rings. The number of aliphatic hydroxyl groups is 1. The molecule has 1 unspecified atom stereocenters. The average Bonchev–Trinajstić information content (AvgIpc) is 3.27. The topological polar surface area (TPSA) is 73.1 Å². The van der Waals surface area contributed by atoms with Gasteiger partial charge in [-0.1, -0.05) is 6.07 Å². The summed E-state index contributed by atoms with van der Waals surface area (Å²) in [7, 11) is 0. The number of carbonyl (C=O) groups is 1. The van der Waals surface area contributed by atoms with E-state index in [0.717, 1.165) is 63.2 Å². The molecule has 0 bridgehead atoms. The molecule has 2 saturated heterocycles. The van der Waals surface area contributed by atoms with Crippen LogP contribution in [0.15, 0.2) is 48.8 Å². The highest BCUT2D eigenvalue weighted by atomic mass is 16.3. The van der Waals surface area contributed by atoms with Crippen LogP contribution in [0.25, 0.3) is 5.65 Å². The minimum atomic E-state index is -0.395. The van der Waals surface area contributed by atoms with Crippen molar-refractivity contribution in [1.29, 1.82) is 0 Å². The number of hydrogen-bond donors (Lipinski definition) is 2. The van der Waals surface area contributed by atoms with Crippen molar-refractivity contribution in [3.05, 3.63) is 65.6 Å². The molecule has 0 saturated carbocycles. The van der Waals surface area contributed by atoms with Crippen LogP contribution in [0.3, 0.4) is 0 Å². The Balaban J connectivity index is 1.12. The van der Waals surface area contributed by atoms with E-state index in [-0.39, 0.29) is 5.91 Å². The van der Waals surface area contributed by atoms with E-state index in [4.69, 9.17) is 4.98 Å². The van der Waals surface area contributed by atoms with Crippen molar-refractivity contribution in [3.8, 4) is 0 Å². The summed E-state index contributed by atoms with van der Waals surface area (Å²) in [6.45, 7) is 6.03. The molecule has 3 aromatic rings. The monoisotopic (exact) mass is 447 g/mol. The van der Waals surface area contributed by atoms with Crippen LogP contribution < -0.4 is 10.2 Å². The Bertz CT molecular complexity index is 1100. The Morgan fingerprint density at radius 3 is 2.64 bits per heavy atom. The third-order valence-corrected chi connectivity index (χ3v) is 6.96. The largest absolute Gasteiger partial charge is 0.391 e. The van der Waals surface area contributed by atoms with E-state index in [1.165, 1.54) is 11.3 Å². The Kier molecular flexibility index (Phi) is 6.33. The number of aryl methyl sites for hydroxylation is 1. The SMILES string of the molecule is Cc1cccn2cc(CNC3CCN(c4ccc(C(=O)N5CCCC(O)C5)cc4)CC3)nc12. The number of fused-ring (bicyclic) bond motifs is 1. The fraction of sp³-hybridized carbons (Fsp3) is 0.462. The molecule has 7 heteroatoms. The van der Waals surface area contributed by atoms with Gasteiger partial charge < -0.3 is 24.6 Å². The molecular weight excluding hydrogens is 414 g/mol. The fourth-order valence-electron chi connectivity index (χ4n) is 5.02. The Morgan fingerprint density at radius 1 is 1.12 bits per heavy atom. The Hall–Kier alpha value is -2.90.